The van der Waals surface area contributed by atoms with Crippen LogP contribution >= 0.6 is 0 Å². The topological polar surface area (TPSA) is 96.3 Å². The van der Waals surface area contributed by atoms with Crippen molar-refractivity contribution < 1.29 is 18.6 Å². The Kier molecular flexibility index (Phi) is 5.94. The van der Waals surface area contributed by atoms with Crippen LogP contribution in [-0.4, -0.2) is 62.2 Å². The number of aromatic hydroxyl groups is 1. The van der Waals surface area contributed by atoms with Crippen LogP contribution in [0, 0.1) is 5.82 Å². The van der Waals surface area contributed by atoms with Crippen molar-refractivity contribution in [3.8, 4) is 34.1 Å². The number of nitrogens with zero attached hydrogens (tertiary/aromatic N) is 5. The molecule has 6 rings (SSSR count). The molecule has 0 spiro atoms. The Morgan fingerprint density at radius 3 is 2.65 bits per heavy atom. The van der Waals surface area contributed by atoms with E-state index >= 15 is 4.39 Å². The van der Waals surface area contributed by atoms with Crippen molar-refractivity contribution >= 4 is 5.82 Å². The summed E-state index contributed by atoms with van der Waals surface area (Å²) in [5, 5.41) is 23.0. The summed E-state index contributed by atoms with van der Waals surface area (Å²) < 4.78 is 35.1. The molecule has 2 N–H and O–H groups in total. The molecule has 2 saturated heterocycles. The Bertz CT molecular complexity index is 1300. The highest BCUT2D eigenvalue weighted by Crippen LogP contribution is 2.42. The number of phenolic OH excluding ortho intramolecular Hbond substituents is 1. The summed E-state index contributed by atoms with van der Waals surface area (Å²) in [6.45, 7) is 2.19. The zero-order chi connectivity index (χ0) is 25.7. The first-order chi connectivity index (χ1) is 17.8. The van der Waals surface area contributed by atoms with Gasteiger partial charge in [-0.2, -0.15) is 0 Å². The van der Waals surface area contributed by atoms with Crippen LogP contribution in [0.5, 0.6) is 11.6 Å². The van der Waals surface area contributed by atoms with Gasteiger partial charge in [0.05, 0.1) is 31.1 Å². The van der Waals surface area contributed by atoms with E-state index in [4.69, 9.17) is 4.74 Å². The van der Waals surface area contributed by atoms with Crippen molar-refractivity contribution in [1.29, 1.82) is 0 Å². The van der Waals surface area contributed by atoms with E-state index in [2.05, 4.69) is 37.3 Å². The minimum Gasteiger partial charge on any atom is -0.507 e. The number of piperidine rings is 2. The van der Waals surface area contributed by atoms with Crippen LogP contribution in [0.1, 0.15) is 45.4 Å². The number of pyridine rings is 1. The molecule has 1 aromatic carbocycles. The molecule has 8 nitrogen and oxygen atoms in total. The van der Waals surface area contributed by atoms with Crippen LogP contribution in [0.3, 0.4) is 0 Å². The van der Waals surface area contributed by atoms with Gasteiger partial charge in [-0.1, -0.05) is 6.07 Å². The minimum absolute atomic E-state index is 0.0735. The van der Waals surface area contributed by atoms with Crippen molar-refractivity contribution in [3.05, 3.63) is 42.5 Å². The van der Waals surface area contributed by atoms with Crippen LogP contribution in [0.4, 0.5) is 14.6 Å². The third kappa shape index (κ3) is 4.47. The Labute approximate surface area is 214 Å². The van der Waals surface area contributed by atoms with Crippen molar-refractivity contribution in [3.63, 3.8) is 0 Å². The fraction of sp³-hybridized carbons (Fsp3) is 0.481. The van der Waals surface area contributed by atoms with Crippen LogP contribution in [0.15, 0.2) is 36.7 Å². The monoisotopic (exact) mass is 508 g/mol. The summed E-state index contributed by atoms with van der Waals surface area (Å²) in [4.78, 5) is 10.4. The van der Waals surface area contributed by atoms with Gasteiger partial charge in [0, 0.05) is 29.3 Å². The van der Waals surface area contributed by atoms with Gasteiger partial charge in [-0.25, -0.2) is 18.7 Å². The van der Waals surface area contributed by atoms with Gasteiger partial charge in [0.15, 0.2) is 11.6 Å². The molecule has 0 unspecified atom stereocenters. The van der Waals surface area contributed by atoms with E-state index in [0.717, 1.165) is 38.3 Å². The lowest BCUT2D eigenvalue weighted by Gasteiger charge is -2.52. The number of anilines is 1. The van der Waals surface area contributed by atoms with Crippen molar-refractivity contribution in [2.75, 3.05) is 12.0 Å². The first kappa shape index (κ1) is 24.0. The number of hydrogen-bond donors (Lipinski definition) is 2. The quantitative estimate of drug-likeness (QED) is 0.505. The first-order valence-electron chi connectivity index (χ1n) is 12.8. The molecule has 3 aromatic rings. The third-order valence-corrected chi connectivity index (χ3v) is 7.89. The largest absolute Gasteiger partial charge is 0.507 e. The van der Waals surface area contributed by atoms with Gasteiger partial charge >= 0.3 is 0 Å². The van der Waals surface area contributed by atoms with Gasteiger partial charge in [0.25, 0.3) is 0 Å². The Hall–Kier alpha value is -3.40. The zero-order valence-corrected chi connectivity index (χ0v) is 20.9. The molecule has 1 saturated carbocycles. The smallest absolute Gasteiger partial charge is 0.213 e. The minimum atomic E-state index is -0.987. The van der Waals surface area contributed by atoms with E-state index in [-0.39, 0.29) is 46.7 Å². The van der Waals surface area contributed by atoms with Gasteiger partial charge in [-0.3, -0.25) is 0 Å². The average molecular weight is 509 g/mol. The number of alkyl halides is 1. The van der Waals surface area contributed by atoms with Crippen LogP contribution in [0.25, 0.3) is 22.5 Å². The van der Waals surface area contributed by atoms with Crippen LogP contribution in [0.2, 0.25) is 0 Å². The number of ether oxygens (including phenoxy) is 1. The number of hydrogen-bond acceptors (Lipinski definition) is 8. The molecule has 4 atom stereocenters. The fourth-order valence-electron chi connectivity index (χ4n) is 5.93. The van der Waals surface area contributed by atoms with Gasteiger partial charge in [-0.15, -0.1) is 10.2 Å². The van der Waals surface area contributed by atoms with E-state index in [9.17, 15) is 9.50 Å². The average Bonchev–Trinajstić information content (AvgIpc) is 3.73. The van der Waals surface area contributed by atoms with Crippen LogP contribution < -0.4 is 15.0 Å². The molecule has 0 amide bonds. The predicted octanol–water partition coefficient (Wildman–Crippen LogP) is 4.43. The molecule has 37 heavy (non-hydrogen) atoms. The number of aromatic nitrogens is 4. The zero-order valence-electron chi connectivity index (χ0n) is 20.9. The SMILES string of the molecule is COc1cc(-c2ccc(-c3ncc(N(C4CC4)[C@H]4C[C@]5(C)CCC[C@H](N5)[C@H]4F)nn3)c(O)c2)c(F)cn1. The number of halogens is 2. The Morgan fingerprint density at radius 2 is 1.95 bits per heavy atom. The summed E-state index contributed by atoms with van der Waals surface area (Å²) in [6.07, 6.45) is 7.36. The summed E-state index contributed by atoms with van der Waals surface area (Å²) in [5.74, 6) is 0.429. The van der Waals surface area contributed by atoms with Crippen molar-refractivity contribution in [2.24, 2.45) is 0 Å². The lowest BCUT2D eigenvalue weighted by molar-refractivity contribution is 0.0584. The highest BCUT2D eigenvalue weighted by atomic mass is 19.1. The standard InChI is InChI=1S/C27H30F2N6O2/c1-27-9-3-4-20(32-27)25(29)21(12-27)35(16-6-7-16)23-14-31-26(34-33-23)17-8-5-15(10-22(17)36)18-11-24(37-2)30-13-19(18)28/h5,8,10-11,13-14,16,20-21,25,32,36H,3-4,6-7,9,12H2,1-2H3/t20-,21-,25+,27-/m0/s1. The van der Waals surface area contributed by atoms with E-state index in [1.165, 1.54) is 19.2 Å². The first-order valence-corrected chi connectivity index (χ1v) is 12.8. The van der Waals surface area contributed by atoms with E-state index in [1.54, 1.807) is 18.3 Å². The Morgan fingerprint density at radius 1 is 1.11 bits per heavy atom. The number of benzene rings is 1. The highest BCUT2D eigenvalue weighted by Gasteiger charge is 2.50. The molecule has 1 aliphatic carbocycles. The number of nitrogens with one attached hydrogen (secondary N) is 1. The Balaban J connectivity index is 1.27. The normalized spacial score (nSPS) is 27.1. The maximum atomic E-state index is 15.6. The molecule has 4 heterocycles. The molecule has 194 valence electrons. The molecular weight excluding hydrogens is 478 g/mol. The number of phenols is 1. The maximum Gasteiger partial charge on any atom is 0.213 e. The van der Waals surface area contributed by atoms with Gasteiger partial charge in [0.1, 0.15) is 17.7 Å². The van der Waals surface area contributed by atoms with E-state index in [1.807, 2.05) is 0 Å². The fourth-order valence-corrected chi connectivity index (χ4v) is 5.93. The summed E-state index contributed by atoms with van der Waals surface area (Å²) in [6, 6.07) is 6.04. The second-order valence-electron chi connectivity index (χ2n) is 10.6. The van der Waals surface area contributed by atoms with Gasteiger partial charge < -0.3 is 20.1 Å². The summed E-state index contributed by atoms with van der Waals surface area (Å²) in [5.41, 5.74) is 1.01. The maximum absolute atomic E-state index is 15.6. The highest BCUT2D eigenvalue weighted by molar-refractivity contribution is 5.73. The molecule has 3 aliphatic rings. The molecule has 2 aliphatic heterocycles. The molecule has 10 heteroatoms. The number of rotatable bonds is 6. The molecular formula is C27H30F2N6O2. The number of fused-ring (bicyclic) bond motifs is 2. The summed E-state index contributed by atoms with van der Waals surface area (Å²) in [7, 11) is 1.45. The summed E-state index contributed by atoms with van der Waals surface area (Å²) >= 11 is 0. The second-order valence-corrected chi connectivity index (χ2v) is 10.6. The lowest BCUT2D eigenvalue weighted by atomic mass is 9.74. The van der Waals surface area contributed by atoms with E-state index < -0.39 is 12.0 Å². The lowest BCUT2D eigenvalue weighted by Crippen LogP contribution is -2.67. The second kappa shape index (κ2) is 9.16. The van der Waals surface area contributed by atoms with Crippen LogP contribution in [-0.2, 0) is 0 Å². The molecule has 0 radical (unpaired) electrons. The number of methoxy groups -OCH3 is 1. The predicted molar refractivity (Wildman–Crippen MR) is 135 cm³/mol. The van der Waals surface area contributed by atoms with Crippen molar-refractivity contribution in [1.82, 2.24) is 25.5 Å². The molecule has 2 bridgehead atoms. The van der Waals surface area contributed by atoms with Crippen molar-refractivity contribution in [2.45, 2.75) is 75.3 Å². The van der Waals surface area contributed by atoms with Gasteiger partial charge in [-0.05, 0) is 63.1 Å². The third-order valence-electron chi connectivity index (χ3n) is 7.89. The van der Waals surface area contributed by atoms with Gasteiger partial charge in [0.2, 0.25) is 5.88 Å². The molecule has 2 aromatic heterocycles. The molecule has 3 fully saturated rings. The van der Waals surface area contributed by atoms with E-state index in [0.29, 0.717) is 23.4 Å².